The van der Waals surface area contributed by atoms with Gasteiger partial charge in [0.05, 0.1) is 18.7 Å². The summed E-state index contributed by atoms with van der Waals surface area (Å²) in [6.45, 7) is 9.04. The molecule has 108 valence electrons. The van der Waals surface area contributed by atoms with Gasteiger partial charge in [-0.3, -0.25) is 4.99 Å². The van der Waals surface area contributed by atoms with E-state index in [-0.39, 0.29) is 5.54 Å². The van der Waals surface area contributed by atoms with Gasteiger partial charge in [0.1, 0.15) is 5.75 Å². The number of ether oxygens (including phenoxy) is 1. The van der Waals surface area contributed by atoms with Crippen LogP contribution in [0.15, 0.2) is 29.3 Å². The Bertz CT molecular complexity index is 540. The zero-order valence-electron chi connectivity index (χ0n) is 12.5. The summed E-state index contributed by atoms with van der Waals surface area (Å²) < 4.78 is 5.89. The summed E-state index contributed by atoms with van der Waals surface area (Å²) in [5, 5.41) is 0. The molecule has 2 aliphatic heterocycles. The highest BCUT2D eigenvalue weighted by atomic mass is 16.5. The van der Waals surface area contributed by atoms with E-state index in [1.54, 1.807) is 0 Å². The molecular formula is C16H23N3O. The summed E-state index contributed by atoms with van der Waals surface area (Å²) >= 11 is 0. The summed E-state index contributed by atoms with van der Waals surface area (Å²) in [7, 11) is 0. The lowest BCUT2D eigenvalue weighted by Gasteiger charge is -2.47. The van der Waals surface area contributed by atoms with E-state index in [0.717, 1.165) is 18.8 Å². The molecule has 1 spiro atoms. The standard InChI is InChI=1S/C16H23N3O/c1-11(2)8-19-15(17)18-10-16(19)12(3)9-20-14-7-5-4-6-13(14)16/h4-7,11-12H,8-10H2,1-3H3,(H2,17,18). The van der Waals surface area contributed by atoms with Crippen LogP contribution in [0.2, 0.25) is 0 Å². The van der Waals surface area contributed by atoms with Crippen molar-refractivity contribution in [2.45, 2.75) is 26.3 Å². The van der Waals surface area contributed by atoms with Gasteiger partial charge in [-0.15, -0.1) is 0 Å². The molecule has 2 unspecified atom stereocenters. The maximum Gasteiger partial charge on any atom is 0.192 e. The third-order valence-electron chi connectivity index (χ3n) is 4.45. The van der Waals surface area contributed by atoms with E-state index in [9.17, 15) is 0 Å². The molecule has 0 fully saturated rings. The summed E-state index contributed by atoms with van der Waals surface area (Å²) in [5.74, 6) is 2.55. The number of aliphatic imine (C=N–C) groups is 1. The third kappa shape index (κ3) is 1.78. The Morgan fingerprint density at radius 1 is 1.45 bits per heavy atom. The molecule has 1 aromatic rings. The van der Waals surface area contributed by atoms with E-state index in [1.165, 1.54) is 5.56 Å². The molecule has 0 aliphatic carbocycles. The van der Waals surface area contributed by atoms with Gasteiger partial charge in [-0.1, -0.05) is 39.0 Å². The van der Waals surface area contributed by atoms with Gasteiger partial charge >= 0.3 is 0 Å². The predicted molar refractivity (Wildman–Crippen MR) is 80.8 cm³/mol. The predicted octanol–water partition coefficient (Wildman–Crippen LogP) is 2.20. The topological polar surface area (TPSA) is 50.8 Å². The first-order valence-electron chi connectivity index (χ1n) is 7.35. The van der Waals surface area contributed by atoms with Gasteiger partial charge in [-0.05, 0) is 12.0 Å². The molecule has 20 heavy (non-hydrogen) atoms. The van der Waals surface area contributed by atoms with Crippen molar-refractivity contribution in [1.82, 2.24) is 4.90 Å². The Morgan fingerprint density at radius 2 is 2.20 bits per heavy atom. The number of rotatable bonds is 2. The zero-order valence-corrected chi connectivity index (χ0v) is 12.5. The maximum absolute atomic E-state index is 6.19. The van der Waals surface area contributed by atoms with Crippen molar-refractivity contribution >= 4 is 5.96 Å². The Hall–Kier alpha value is -1.71. The Morgan fingerprint density at radius 3 is 2.95 bits per heavy atom. The number of nitrogens with two attached hydrogens (primary N) is 1. The molecule has 0 aromatic heterocycles. The van der Waals surface area contributed by atoms with Crippen LogP contribution in [0.1, 0.15) is 26.3 Å². The van der Waals surface area contributed by atoms with Crippen LogP contribution in [0.4, 0.5) is 0 Å². The van der Waals surface area contributed by atoms with Crippen LogP contribution in [-0.2, 0) is 5.54 Å². The molecule has 2 atom stereocenters. The van der Waals surface area contributed by atoms with Gasteiger partial charge in [0, 0.05) is 18.0 Å². The fourth-order valence-electron chi connectivity index (χ4n) is 3.42. The van der Waals surface area contributed by atoms with Crippen LogP contribution in [0.5, 0.6) is 5.75 Å². The maximum atomic E-state index is 6.19. The molecule has 4 heteroatoms. The average Bonchev–Trinajstić information content (AvgIpc) is 2.74. The van der Waals surface area contributed by atoms with Gasteiger partial charge in [-0.25, -0.2) is 0 Å². The highest BCUT2D eigenvalue weighted by Crippen LogP contribution is 2.47. The SMILES string of the molecule is CC(C)CN1C(N)=NCC12c1ccccc1OCC2C. The van der Waals surface area contributed by atoms with Crippen molar-refractivity contribution in [1.29, 1.82) is 0 Å². The Labute approximate surface area is 120 Å². The van der Waals surface area contributed by atoms with E-state index in [2.05, 4.69) is 42.8 Å². The van der Waals surface area contributed by atoms with Crippen LogP contribution in [0.25, 0.3) is 0 Å². The largest absolute Gasteiger partial charge is 0.493 e. The van der Waals surface area contributed by atoms with E-state index in [0.29, 0.717) is 24.4 Å². The monoisotopic (exact) mass is 273 g/mol. The molecule has 2 N–H and O–H groups in total. The number of para-hydroxylation sites is 1. The van der Waals surface area contributed by atoms with Gasteiger partial charge in [0.15, 0.2) is 5.96 Å². The molecule has 2 heterocycles. The molecule has 3 rings (SSSR count). The van der Waals surface area contributed by atoms with Gasteiger partial charge in [-0.2, -0.15) is 0 Å². The molecule has 0 radical (unpaired) electrons. The molecule has 0 saturated heterocycles. The van der Waals surface area contributed by atoms with Crippen molar-refractivity contribution in [3.63, 3.8) is 0 Å². The first-order valence-corrected chi connectivity index (χ1v) is 7.35. The van der Waals surface area contributed by atoms with Crippen LogP contribution >= 0.6 is 0 Å². The van der Waals surface area contributed by atoms with Crippen molar-refractivity contribution in [3.8, 4) is 5.75 Å². The summed E-state index contributed by atoms with van der Waals surface area (Å²) in [5.41, 5.74) is 7.28. The minimum Gasteiger partial charge on any atom is -0.493 e. The smallest absolute Gasteiger partial charge is 0.192 e. The van der Waals surface area contributed by atoms with Crippen LogP contribution in [0, 0.1) is 11.8 Å². The molecule has 0 saturated carbocycles. The summed E-state index contributed by atoms with van der Waals surface area (Å²) in [6, 6.07) is 8.30. The number of benzene rings is 1. The number of nitrogens with zero attached hydrogens (tertiary/aromatic N) is 2. The highest BCUT2D eigenvalue weighted by molar-refractivity contribution is 5.82. The minimum absolute atomic E-state index is 0.136. The molecular weight excluding hydrogens is 250 g/mol. The zero-order chi connectivity index (χ0) is 14.3. The lowest BCUT2D eigenvalue weighted by molar-refractivity contribution is 0.0537. The first kappa shape index (κ1) is 13.3. The van der Waals surface area contributed by atoms with E-state index in [1.807, 2.05) is 12.1 Å². The van der Waals surface area contributed by atoms with Gasteiger partial charge in [0.2, 0.25) is 0 Å². The number of hydrogen-bond donors (Lipinski definition) is 1. The molecule has 1 aromatic carbocycles. The molecule has 4 nitrogen and oxygen atoms in total. The average molecular weight is 273 g/mol. The molecule has 2 aliphatic rings. The van der Waals surface area contributed by atoms with Crippen LogP contribution in [0.3, 0.4) is 0 Å². The summed E-state index contributed by atoms with van der Waals surface area (Å²) in [4.78, 5) is 6.86. The second kappa shape index (κ2) is 4.69. The summed E-state index contributed by atoms with van der Waals surface area (Å²) in [6.07, 6.45) is 0. The van der Waals surface area contributed by atoms with Crippen LogP contribution < -0.4 is 10.5 Å². The number of fused-ring (bicyclic) bond motifs is 2. The lowest BCUT2D eigenvalue weighted by Crippen LogP contribution is -2.57. The molecule has 0 amide bonds. The molecule has 0 bridgehead atoms. The second-order valence-electron chi connectivity index (χ2n) is 6.31. The highest BCUT2D eigenvalue weighted by Gasteiger charge is 2.51. The number of hydrogen-bond acceptors (Lipinski definition) is 4. The van der Waals surface area contributed by atoms with Crippen molar-refractivity contribution < 1.29 is 4.74 Å². The van der Waals surface area contributed by atoms with E-state index >= 15 is 0 Å². The first-order chi connectivity index (χ1) is 9.55. The third-order valence-corrected chi connectivity index (χ3v) is 4.45. The minimum atomic E-state index is -0.136. The fourth-order valence-corrected chi connectivity index (χ4v) is 3.42. The number of guanidine groups is 1. The van der Waals surface area contributed by atoms with E-state index in [4.69, 9.17) is 10.5 Å². The van der Waals surface area contributed by atoms with Crippen molar-refractivity contribution in [3.05, 3.63) is 29.8 Å². The van der Waals surface area contributed by atoms with Crippen LogP contribution in [-0.4, -0.2) is 30.6 Å². The van der Waals surface area contributed by atoms with Crippen molar-refractivity contribution in [2.75, 3.05) is 19.7 Å². The van der Waals surface area contributed by atoms with Gasteiger partial charge in [0.25, 0.3) is 0 Å². The Kier molecular flexibility index (Phi) is 3.11. The Balaban J connectivity index is 2.10. The fraction of sp³-hybridized carbons (Fsp3) is 0.562. The normalized spacial score (nSPS) is 28.5. The van der Waals surface area contributed by atoms with E-state index < -0.39 is 0 Å². The second-order valence-corrected chi connectivity index (χ2v) is 6.31. The van der Waals surface area contributed by atoms with Gasteiger partial charge < -0.3 is 15.4 Å². The van der Waals surface area contributed by atoms with Crippen molar-refractivity contribution in [2.24, 2.45) is 22.6 Å². The quantitative estimate of drug-likeness (QED) is 0.898. The lowest BCUT2D eigenvalue weighted by atomic mass is 9.76.